The van der Waals surface area contributed by atoms with Crippen molar-refractivity contribution in [2.75, 3.05) is 13.6 Å². The Morgan fingerprint density at radius 3 is 2.61 bits per heavy atom. The van der Waals surface area contributed by atoms with E-state index < -0.39 is 0 Å². The molecule has 0 aliphatic heterocycles. The Morgan fingerprint density at radius 2 is 2.06 bits per heavy atom. The first kappa shape index (κ1) is 15.0. The normalized spacial score (nSPS) is 14.4. The van der Waals surface area contributed by atoms with Crippen LogP contribution in [0.15, 0.2) is 24.3 Å². The Hall–Kier alpha value is -1.02. The predicted octanol–water partition coefficient (Wildman–Crippen LogP) is 3.74. The monoisotopic (exact) mass is 249 g/mol. The van der Waals surface area contributed by atoms with Gasteiger partial charge >= 0.3 is 0 Å². The van der Waals surface area contributed by atoms with Crippen LogP contribution in [0.5, 0.6) is 5.75 Å². The van der Waals surface area contributed by atoms with Gasteiger partial charge in [-0.25, -0.2) is 0 Å². The zero-order valence-electron chi connectivity index (χ0n) is 12.0. The topological polar surface area (TPSA) is 32.3 Å². The molecule has 2 nitrogen and oxygen atoms in total. The summed E-state index contributed by atoms with van der Waals surface area (Å²) in [5, 5.41) is 12.9. The lowest BCUT2D eigenvalue weighted by Crippen LogP contribution is -2.34. The minimum Gasteiger partial charge on any atom is -0.508 e. The molecule has 1 aromatic carbocycles. The second kappa shape index (κ2) is 7.42. The van der Waals surface area contributed by atoms with Crippen LogP contribution in [0.4, 0.5) is 0 Å². The van der Waals surface area contributed by atoms with Gasteiger partial charge in [-0.15, -0.1) is 0 Å². The fourth-order valence-corrected chi connectivity index (χ4v) is 2.69. The van der Waals surface area contributed by atoms with Crippen molar-refractivity contribution in [2.24, 2.45) is 5.41 Å². The highest BCUT2D eigenvalue weighted by Gasteiger charge is 2.27. The molecule has 1 rings (SSSR count). The van der Waals surface area contributed by atoms with Gasteiger partial charge < -0.3 is 10.4 Å². The molecule has 0 amide bonds. The lowest BCUT2D eigenvalue weighted by molar-refractivity contribution is 0.234. The minimum atomic E-state index is 0.318. The molecular formula is C16H27NO. The molecular weight excluding hydrogens is 222 g/mol. The largest absolute Gasteiger partial charge is 0.508 e. The van der Waals surface area contributed by atoms with Gasteiger partial charge in [0.15, 0.2) is 0 Å². The molecule has 0 radical (unpaired) electrons. The first-order chi connectivity index (χ1) is 8.65. The van der Waals surface area contributed by atoms with E-state index in [0.29, 0.717) is 11.2 Å². The third kappa shape index (κ3) is 4.34. The maximum absolute atomic E-state index is 9.57. The van der Waals surface area contributed by atoms with E-state index in [4.69, 9.17) is 0 Å². The molecule has 1 aromatic rings. The molecule has 0 fully saturated rings. The number of aromatic hydroxyl groups is 1. The average Bonchev–Trinajstić information content (AvgIpc) is 2.36. The molecule has 0 bridgehead atoms. The van der Waals surface area contributed by atoms with E-state index in [-0.39, 0.29) is 0 Å². The van der Waals surface area contributed by atoms with Gasteiger partial charge in [-0.1, -0.05) is 38.8 Å². The van der Waals surface area contributed by atoms with Gasteiger partial charge in [0.1, 0.15) is 5.75 Å². The Bertz CT molecular complexity index is 351. The fourth-order valence-electron chi connectivity index (χ4n) is 2.69. The van der Waals surface area contributed by atoms with Crippen LogP contribution in [-0.4, -0.2) is 18.7 Å². The van der Waals surface area contributed by atoms with Gasteiger partial charge in [0.2, 0.25) is 0 Å². The molecule has 0 spiro atoms. The zero-order chi connectivity index (χ0) is 13.4. The molecule has 0 saturated heterocycles. The summed E-state index contributed by atoms with van der Waals surface area (Å²) in [4.78, 5) is 0. The number of benzene rings is 1. The van der Waals surface area contributed by atoms with Crippen molar-refractivity contribution in [3.05, 3.63) is 29.8 Å². The van der Waals surface area contributed by atoms with Crippen molar-refractivity contribution >= 4 is 0 Å². The molecule has 0 aliphatic rings. The zero-order valence-corrected chi connectivity index (χ0v) is 12.0. The summed E-state index contributed by atoms with van der Waals surface area (Å²) in [7, 11) is 2.03. The number of unbranched alkanes of at least 4 members (excludes halogenated alkanes) is 1. The highest BCUT2D eigenvalue weighted by molar-refractivity contribution is 5.28. The van der Waals surface area contributed by atoms with Gasteiger partial charge in [0.25, 0.3) is 0 Å². The molecule has 0 saturated carbocycles. The summed E-state index contributed by atoms with van der Waals surface area (Å²) >= 11 is 0. The van der Waals surface area contributed by atoms with Crippen LogP contribution in [-0.2, 0) is 6.42 Å². The maximum atomic E-state index is 9.57. The third-order valence-corrected chi connectivity index (χ3v) is 3.85. The highest BCUT2D eigenvalue weighted by atomic mass is 16.3. The van der Waals surface area contributed by atoms with E-state index in [1.165, 1.54) is 31.2 Å². The van der Waals surface area contributed by atoms with E-state index in [2.05, 4.69) is 25.2 Å². The molecule has 102 valence electrons. The SMILES string of the molecule is CCCCC(CC)(CNC)Cc1cccc(O)c1. The third-order valence-electron chi connectivity index (χ3n) is 3.85. The van der Waals surface area contributed by atoms with E-state index >= 15 is 0 Å². The molecule has 1 unspecified atom stereocenters. The minimum absolute atomic E-state index is 0.318. The Morgan fingerprint density at radius 1 is 1.28 bits per heavy atom. The van der Waals surface area contributed by atoms with Gasteiger partial charge in [-0.3, -0.25) is 0 Å². The Balaban J connectivity index is 2.82. The van der Waals surface area contributed by atoms with Crippen LogP contribution in [0.3, 0.4) is 0 Å². The second-order valence-electron chi connectivity index (χ2n) is 5.33. The number of hydrogen-bond donors (Lipinski definition) is 2. The molecule has 0 aromatic heterocycles. The van der Waals surface area contributed by atoms with Crippen molar-refractivity contribution in [1.29, 1.82) is 0 Å². The molecule has 18 heavy (non-hydrogen) atoms. The van der Waals surface area contributed by atoms with Crippen molar-refractivity contribution in [1.82, 2.24) is 5.32 Å². The van der Waals surface area contributed by atoms with Crippen molar-refractivity contribution in [2.45, 2.75) is 46.0 Å². The van der Waals surface area contributed by atoms with Gasteiger partial charge in [0, 0.05) is 6.54 Å². The van der Waals surface area contributed by atoms with Gasteiger partial charge in [0.05, 0.1) is 0 Å². The summed E-state index contributed by atoms with van der Waals surface area (Å²) in [6, 6.07) is 7.68. The van der Waals surface area contributed by atoms with Crippen molar-refractivity contribution < 1.29 is 5.11 Å². The van der Waals surface area contributed by atoms with Gasteiger partial charge in [-0.05, 0) is 49.4 Å². The van der Waals surface area contributed by atoms with Crippen LogP contribution < -0.4 is 5.32 Å². The van der Waals surface area contributed by atoms with E-state index in [1.807, 2.05) is 19.2 Å². The first-order valence-electron chi connectivity index (χ1n) is 7.08. The lowest BCUT2D eigenvalue weighted by atomic mass is 9.75. The smallest absolute Gasteiger partial charge is 0.115 e. The van der Waals surface area contributed by atoms with Crippen LogP contribution >= 0.6 is 0 Å². The van der Waals surface area contributed by atoms with Gasteiger partial charge in [-0.2, -0.15) is 0 Å². The summed E-state index contributed by atoms with van der Waals surface area (Å²) in [5.41, 5.74) is 1.56. The molecule has 2 N–H and O–H groups in total. The number of phenols is 1. The van der Waals surface area contributed by atoms with Crippen LogP contribution in [0.2, 0.25) is 0 Å². The second-order valence-corrected chi connectivity index (χ2v) is 5.33. The number of rotatable bonds is 8. The van der Waals surface area contributed by atoms with E-state index in [9.17, 15) is 5.11 Å². The summed E-state index contributed by atoms with van der Waals surface area (Å²) in [5.74, 6) is 0.373. The summed E-state index contributed by atoms with van der Waals surface area (Å²) in [6.07, 6.45) is 5.97. The first-order valence-corrected chi connectivity index (χ1v) is 7.08. The molecule has 0 aliphatic carbocycles. The van der Waals surface area contributed by atoms with Crippen molar-refractivity contribution in [3.8, 4) is 5.75 Å². The molecule has 1 atom stereocenters. The predicted molar refractivity (Wildman–Crippen MR) is 78.0 cm³/mol. The fraction of sp³-hybridized carbons (Fsp3) is 0.625. The molecule has 2 heteroatoms. The number of hydrogen-bond acceptors (Lipinski definition) is 2. The Labute approximate surface area is 111 Å². The summed E-state index contributed by atoms with van der Waals surface area (Å²) in [6.45, 7) is 5.56. The molecule has 0 heterocycles. The van der Waals surface area contributed by atoms with E-state index in [1.54, 1.807) is 6.07 Å². The summed E-state index contributed by atoms with van der Waals surface area (Å²) < 4.78 is 0. The maximum Gasteiger partial charge on any atom is 0.115 e. The van der Waals surface area contributed by atoms with Crippen molar-refractivity contribution in [3.63, 3.8) is 0 Å². The standard InChI is InChI=1S/C16H27NO/c1-4-6-10-16(5-2,13-17-3)12-14-8-7-9-15(18)11-14/h7-9,11,17-18H,4-6,10,12-13H2,1-3H3. The van der Waals surface area contributed by atoms with Crippen LogP contribution in [0, 0.1) is 5.41 Å². The van der Waals surface area contributed by atoms with Crippen LogP contribution in [0.25, 0.3) is 0 Å². The number of phenolic OH excluding ortho intramolecular Hbond substituents is 1. The lowest BCUT2D eigenvalue weighted by Gasteiger charge is -2.33. The quantitative estimate of drug-likeness (QED) is 0.735. The average molecular weight is 249 g/mol. The Kier molecular flexibility index (Phi) is 6.20. The highest BCUT2D eigenvalue weighted by Crippen LogP contribution is 2.33. The number of nitrogens with one attached hydrogen (secondary N) is 1. The van der Waals surface area contributed by atoms with Crippen LogP contribution in [0.1, 0.15) is 45.1 Å². The van der Waals surface area contributed by atoms with E-state index in [0.717, 1.165) is 13.0 Å².